The van der Waals surface area contributed by atoms with E-state index in [0.717, 1.165) is 15.8 Å². The molecule has 1 unspecified atom stereocenters. The van der Waals surface area contributed by atoms with Gasteiger partial charge in [0.05, 0.1) is 29.2 Å². The quantitative estimate of drug-likeness (QED) is 0.275. The molecule has 2 aromatic carbocycles. The second-order valence-corrected chi connectivity index (χ2v) is 12.3. The van der Waals surface area contributed by atoms with Crippen molar-refractivity contribution in [2.45, 2.75) is 24.6 Å². The lowest BCUT2D eigenvalue weighted by atomic mass is 10.1. The van der Waals surface area contributed by atoms with Crippen molar-refractivity contribution in [3.05, 3.63) is 65.3 Å². The van der Waals surface area contributed by atoms with Crippen LogP contribution in [0.1, 0.15) is 34.9 Å². The maximum Gasteiger partial charge on any atom is 0.274 e. The Labute approximate surface area is 205 Å². The molecule has 4 aromatic rings. The number of hydrogen-bond donors (Lipinski definition) is 2. The van der Waals surface area contributed by atoms with Crippen molar-refractivity contribution in [2.75, 3.05) is 12.4 Å². The zero-order valence-corrected chi connectivity index (χ0v) is 20.7. The van der Waals surface area contributed by atoms with E-state index < -0.39 is 38.5 Å². The number of nitrogens with one attached hydrogen (secondary N) is 1. The number of nitrogens with zero attached hydrogens (tertiary/aromatic N) is 3. The van der Waals surface area contributed by atoms with E-state index in [4.69, 9.17) is 9.56 Å². The second-order valence-electron chi connectivity index (χ2n) is 7.64. The van der Waals surface area contributed by atoms with Crippen LogP contribution in [0.4, 0.5) is 4.39 Å². The van der Waals surface area contributed by atoms with Crippen LogP contribution in [0.15, 0.2) is 52.9 Å². The van der Waals surface area contributed by atoms with Crippen LogP contribution in [0.5, 0.6) is 0 Å². The van der Waals surface area contributed by atoms with Crippen molar-refractivity contribution in [1.82, 2.24) is 19.9 Å². The van der Waals surface area contributed by atoms with Crippen molar-refractivity contribution in [1.29, 1.82) is 0 Å². The number of aromatic nitrogens is 3. The largest absolute Gasteiger partial charge is 0.422 e. The van der Waals surface area contributed by atoms with Gasteiger partial charge in [-0.1, -0.05) is 36.4 Å². The Bertz CT molecular complexity index is 1520. The molecule has 2 aromatic heterocycles. The van der Waals surface area contributed by atoms with Crippen molar-refractivity contribution >= 4 is 41.6 Å². The number of fused-ring (bicyclic) bond motifs is 1. The van der Waals surface area contributed by atoms with E-state index in [1.54, 1.807) is 6.07 Å². The second kappa shape index (κ2) is 10.5. The van der Waals surface area contributed by atoms with E-state index in [-0.39, 0.29) is 35.4 Å². The zero-order valence-electron chi connectivity index (χ0n) is 18.3. The van der Waals surface area contributed by atoms with Crippen LogP contribution in [-0.4, -0.2) is 44.4 Å². The van der Waals surface area contributed by atoms with Crippen molar-refractivity contribution in [3.63, 3.8) is 0 Å². The summed E-state index contributed by atoms with van der Waals surface area (Å²) < 4.78 is 69.7. The minimum absolute atomic E-state index is 0.0968. The number of thiazole rings is 1. The molecule has 1 atom stereocenters. The highest BCUT2D eigenvalue weighted by Gasteiger charge is 2.36. The van der Waals surface area contributed by atoms with E-state index in [0.29, 0.717) is 5.52 Å². The predicted octanol–water partition coefficient (Wildman–Crippen LogP) is 2.89. The summed E-state index contributed by atoms with van der Waals surface area (Å²) >= 11 is 1.18. The lowest BCUT2D eigenvalue weighted by Gasteiger charge is -2.11. The van der Waals surface area contributed by atoms with Gasteiger partial charge in [0.2, 0.25) is 11.8 Å². The lowest BCUT2D eigenvalue weighted by molar-refractivity contribution is 0.442. The van der Waals surface area contributed by atoms with Crippen LogP contribution < -0.4 is 9.86 Å². The van der Waals surface area contributed by atoms with Crippen molar-refractivity contribution < 1.29 is 25.6 Å². The van der Waals surface area contributed by atoms with Gasteiger partial charge in [-0.25, -0.2) is 18.5 Å². The Morgan fingerprint density at radius 1 is 1.03 bits per heavy atom. The van der Waals surface area contributed by atoms with Crippen LogP contribution in [0.3, 0.4) is 0 Å². The number of nitrogens with two attached hydrogens (primary N) is 1. The third kappa shape index (κ3) is 6.27. The molecule has 0 radical (unpaired) electrons. The van der Waals surface area contributed by atoms with Crippen molar-refractivity contribution in [2.24, 2.45) is 5.14 Å². The Kier molecular flexibility index (Phi) is 7.56. The normalized spacial score (nSPS) is 13.3. The summed E-state index contributed by atoms with van der Waals surface area (Å²) in [6, 6.07) is 15.3. The van der Waals surface area contributed by atoms with Crippen LogP contribution in [-0.2, 0) is 26.6 Å². The Morgan fingerprint density at radius 3 is 2.51 bits per heavy atom. The molecule has 186 valence electrons. The van der Waals surface area contributed by atoms with Gasteiger partial charge in [0.25, 0.3) is 10.2 Å². The maximum absolute atomic E-state index is 13.3. The maximum atomic E-state index is 13.3. The van der Waals surface area contributed by atoms with Gasteiger partial charge in [0.1, 0.15) is 5.01 Å². The number of unbranched alkanes of at least 4 members (excludes halogenated alkanes) is 1. The minimum atomic E-state index is -4.02. The average molecular weight is 540 g/mol. The first-order valence-corrected chi connectivity index (χ1v) is 14.6. The van der Waals surface area contributed by atoms with E-state index in [9.17, 15) is 21.2 Å². The Balaban J connectivity index is 1.73. The zero-order chi connectivity index (χ0) is 25.1. The molecule has 0 spiro atoms. The van der Waals surface area contributed by atoms with Gasteiger partial charge in [0.15, 0.2) is 15.1 Å². The van der Waals surface area contributed by atoms with Crippen LogP contribution >= 0.6 is 11.3 Å². The standard InChI is InChI=1S/C21H22FN5O5S3/c22-10-4-5-11-34(28,29)19(20-27-26-18(32-20)13-24-35(23,30)31)21-25-16-9-8-15(12-17(16)33-21)14-6-2-1-3-7-14/h1-3,6-9,12,19,24H,4-5,10-11,13H2,(H2,23,30,31). The van der Waals surface area contributed by atoms with Gasteiger partial charge in [0, 0.05) is 0 Å². The van der Waals surface area contributed by atoms with Gasteiger partial charge in [-0.15, -0.1) is 21.5 Å². The summed E-state index contributed by atoms with van der Waals surface area (Å²) in [7, 11) is -7.93. The fourth-order valence-corrected chi connectivity index (χ4v) is 6.89. The summed E-state index contributed by atoms with van der Waals surface area (Å²) in [5.74, 6) is -0.718. The van der Waals surface area contributed by atoms with Gasteiger partial charge in [-0.05, 0) is 36.1 Å². The van der Waals surface area contributed by atoms with E-state index in [1.165, 1.54) is 11.3 Å². The minimum Gasteiger partial charge on any atom is -0.422 e. The highest BCUT2D eigenvalue weighted by atomic mass is 32.2. The van der Waals surface area contributed by atoms with Gasteiger partial charge < -0.3 is 4.42 Å². The molecule has 35 heavy (non-hydrogen) atoms. The number of hydrogen-bond acceptors (Lipinski definition) is 9. The molecule has 0 amide bonds. The van der Waals surface area contributed by atoms with Crippen LogP contribution in [0.2, 0.25) is 0 Å². The molecule has 10 nitrogen and oxygen atoms in total. The molecular formula is C21H22FN5O5S3. The molecule has 0 aliphatic rings. The van der Waals surface area contributed by atoms with E-state index >= 15 is 0 Å². The lowest BCUT2D eigenvalue weighted by Crippen LogP contribution is -2.30. The molecule has 3 N–H and O–H groups in total. The molecule has 0 aliphatic carbocycles. The number of benzene rings is 2. The first kappa shape index (κ1) is 25.3. The molecule has 0 fully saturated rings. The average Bonchev–Trinajstić information content (AvgIpc) is 3.44. The summed E-state index contributed by atoms with van der Waals surface area (Å²) in [6.07, 6.45) is 0.214. The molecule has 2 heterocycles. The molecule has 0 saturated carbocycles. The molecular weight excluding hydrogens is 517 g/mol. The molecule has 0 bridgehead atoms. The topological polar surface area (TPSA) is 158 Å². The van der Waals surface area contributed by atoms with E-state index in [1.807, 2.05) is 47.2 Å². The van der Waals surface area contributed by atoms with Gasteiger partial charge in [-0.2, -0.15) is 13.1 Å². The third-order valence-corrected chi connectivity index (χ3v) is 8.82. The fourth-order valence-electron chi connectivity index (χ4n) is 3.40. The number of halogens is 1. The highest BCUT2D eigenvalue weighted by Crippen LogP contribution is 2.37. The van der Waals surface area contributed by atoms with Gasteiger partial charge in [-0.3, -0.25) is 4.39 Å². The molecule has 0 saturated heterocycles. The molecule has 14 heteroatoms. The fraction of sp³-hybridized carbons (Fsp3) is 0.286. The smallest absolute Gasteiger partial charge is 0.274 e. The first-order chi connectivity index (χ1) is 16.7. The highest BCUT2D eigenvalue weighted by molar-refractivity contribution is 7.92. The molecule has 4 rings (SSSR count). The third-order valence-electron chi connectivity index (χ3n) is 5.04. The number of alkyl halides is 1. The summed E-state index contributed by atoms with van der Waals surface area (Å²) in [4.78, 5) is 4.52. The van der Waals surface area contributed by atoms with Crippen LogP contribution in [0.25, 0.3) is 21.3 Å². The summed E-state index contributed by atoms with van der Waals surface area (Å²) in [5.41, 5.74) is 2.55. The monoisotopic (exact) mass is 539 g/mol. The van der Waals surface area contributed by atoms with Crippen LogP contribution in [0, 0.1) is 0 Å². The predicted molar refractivity (Wildman–Crippen MR) is 130 cm³/mol. The number of sulfone groups is 1. The first-order valence-electron chi connectivity index (χ1n) is 10.5. The SMILES string of the molecule is NS(=O)(=O)NCc1nnc(C(c2nc3ccc(-c4ccccc4)cc3s2)S(=O)(=O)CCCCF)o1. The summed E-state index contributed by atoms with van der Waals surface area (Å²) in [6.45, 7) is -1.03. The number of rotatable bonds is 11. The molecule has 0 aliphatic heterocycles. The Hall–Kier alpha value is -2.78. The van der Waals surface area contributed by atoms with E-state index in [2.05, 4.69) is 15.2 Å². The van der Waals surface area contributed by atoms with Crippen molar-refractivity contribution in [3.8, 4) is 11.1 Å². The Morgan fingerprint density at radius 2 is 1.80 bits per heavy atom. The van der Waals surface area contributed by atoms with Gasteiger partial charge >= 0.3 is 0 Å². The summed E-state index contributed by atoms with van der Waals surface area (Å²) in [5, 5.41) is 11.3.